The number of aliphatic hydroxyl groups excluding tert-OH is 1. The third-order valence-electron chi connectivity index (χ3n) is 4.32. The Morgan fingerprint density at radius 3 is 2.65 bits per heavy atom. The molecule has 0 fully saturated rings. The van der Waals surface area contributed by atoms with Crippen molar-refractivity contribution < 1.29 is 23.1 Å². The molecular weight excluding hydrogens is 354 g/mol. The van der Waals surface area contributed by atoms with Crippen LogP contribution in [-0.2, 0) is 21.1 Å². The fourth-order valence-electron chi connectivity index (χ4n) is 2.81. The van der Waals surface area contributed by atoms with E-state index in [0.717, 1.165) is 12.0 Å². The third-order valence-corrected chi connectivity index (χ3v) is 6.08. The molecule has 1 amide bonds. The van der Waals surface area contributed by atoms with E-state index in [1.807, 2.05) is 0 Å². The third kappa shape index (κ3) is 3.89. The Balaban J connectivity index is 1.79. The average Bonchev–Trinajstić information content (AvgIpc) is 2.66. The number of sulfone groups is 1. The summed E-state index contributed by atoms with van der Waals surface area (Å²) in [5, 5.41) is 11.8. The Hall–Kier alpha value is -2.38. The number of hydrogen-bond donors (Lipinski definition) is 2. The van der Waals surface area contributed by atoms with E-state index in [1.54, 1.807) is 48.5 Å². The summed E-state index contributed by atoms with van der Waals surface area (Å²) in [5.74, 6) is 0.0596. The predicted octanol–water partition coefficient (Wildman–Crippen LogP) is 1.71. The molecule has 7 heteroatoms. The lowest BCUT2D eigenvalue weighted by atomic mass is 10.0. The van der Waals surface area contributed by atoms with Gasteiger partial charge >= 0.3 is 0 Å². The molecule has 0 aliphatic carbocycles. The van der Waals surface area contributed by atoms with E-state index in [1.165, 1.54) is 6.92 Å². The van der Waals surface area contributed by atoms with Gasteiger partial charge in [0.15, 0.2) is 0 Å². The molecule has 26 heavy (non-hydrogen) atoms. The van der Waals surface area contributed by atoms with Gasteiger partial charge in [0.05, 0.1) is 16.3 Å². The van der Waals surface area contributed by atoms with Gasteiger partial charge in [0.2, 0.25) is 15.7 Å². The Labute approximate surface area is 152 Å². The Bertz CT molecular complexity index is 893. The number of ether oxygens (including phenoxy) is 1. The lowest BCUT2D eigenvalue weighted by Gasteiger charge is -2.27. The molecule has 0 bridgehead atoms. The minimum Gasteiger partial charge on any atom is -0.488 e. The highest BCUT2D eigenvalue weighted by molar-refractivity contribution is 7.91. The van der Waals surface area contributed by atoms with Crippen molar-refractivity contribution >= 4 is 15.7 Å². The quantitative estimate of drug-likeness (QED) is 0.830. The molecule has 1 aliphatic rings. The van der Waals surface area contributed by atoms with Crippen molar-refractivity contribution in [2.45, 2.75) is 41.8 Å². The van der Waals surface area contributed by atoms with Crippen molar-refractivity contribution in [1.29, 1.82) is 0 Å². The number of carbonyl (C=O) groups excluding carboxylic acids is 1. The van der Waals surface area contributed by atoms with Gasteiger partial charge in [-0.2, -0.15) is 0 Å². The van der Waals surface area contributed by atoms with Gasteiger partial charge in [-0.05, 0) is 49.6 Å². The number of benzene rings is 2. The first-order valence-corrected chi connectivity index (χ1v) is 9.92. The molecule has 138 valence electrons. The second-order valence-electron chi connectivity index (χ2n) is 6.29. The summed E-state index contributed by atoms with van der Waals surface area (Å²) >= 11 is 0. The largest absolute Gasteiger partial charge is 0.488 e. The highest BCUT2D eigenvalue weighted by atomic mass is 32.2. The van der Waals surface area contributed by atoms with Crippen molar-refractivity contribution in [3.8, 4) is 5.75 Å². The molecule has 3 rings (SSSR count). The van der Waals surface area contributed by atoms with Crippen molar-refractivity contribution in [2.24, 2.45) is 0 Å². The lowest BCUT2D eigenvalue weighted by Crippen LogP contribution is -2.41. The van der Waals surface area contributed by atoms with E-state index in [0.29, 0.717) is 12.2 Å². The first-order valence-electron chi connectivity index (χ1n) is 8.43. The summed E-state index contributed by atoms with van der Waals surface area (Å²) in [5.41, 5.74) is 0.940. The van der Waals surface area contributed by atoms with Crippen LogP contribution < -0.4 is 10.1 Å². The summed E-state index contributed by atoms with van der Waals surface area (Å²) in [6.07, 6.45) is 0.0991. The van der Waals surface area contributed by atoms with Crippen LogP contribution in [0.4, 0.5) is 0 Å². The van der Waals surface area contributed by atoms with Gasteiger partial charge in [0.1, 0.15) is 18.0 Å². The van der Waals surface area contributed by atoms with Crippen LogP contribution in [0.25, 0.3) is 0 Å². The Kier molecular flexibility index (Phi) is 5.29. The molecule has 6 nitrogen and oxygen atoms in total. The van der Waals surface area contributed by atoms with Gasteiger partial charge in [-0.15, -0.1) is 0 Å². The molecule has 0 saturated carbocycles. The van der Waals surface area contributed by atoms with Crippen LogP contribution in [0.3, 0.4) is 0 Å². The standard InChI is InChI=1S/C19H21NO5S/c1-13(21)19(22)20-12-15-9-7-14-8-10-17(11-18(14)25-15)26(23,24)16-5-3-2-4-6-16/h2-6,8,10-11,13,15,21H,7,9,12H2,1H3,(H,20,22)/t13-,15-/m1/s1. The maximum atomic E-state index is 12.8. The first-order chi connectivity index (χ1) is 12.4. The van der Waals surface area contributed by atoms with Crippen LogP contribution in [-0.4, -0.2) is 38.2 Å². The summed E-state index contributed by atoms with van der Waals surface area (Å²) in [6.45, 7) is 1.66. The van der Waals surface area contributed by atoms with Crippen LogP contribution in [0.15, 0.2) is 58.3 Å². The predicted molar refractivity (Wildman–Crippen MR) is 95.8 cm³/mol. The topological polar surface area (TPSA) is 92.7 Å². The number of carbonyl (C=O) groups is 1. The zero-order valence-corrected chi connectivity index (χ0v) is 15.2. The summed E-state index contributed by atoms with van der Waals surface area (Å²) in [6, 6.07) is 13.2. The summed E-state index contributed by atoms with van der Waals surface area (Å²) in [7, 11) is -3.61. The number of aliphatic hydroxyl groups is 1. The highest BCUT2D eigenvalue weighted by Crippen LogP contribution is 2.32. The zero-order valence-electron chi connectivity index (χ0n) is 14.4. The van der Waals surface area contributed by atoms with Crippen molar-refractivity contribution in [3.63, 3.8) is 0 Å². The van der Waals surface area contributed by atoms with E-state index in [-0.39, 0.29) is 22.4 Å². The molecule has 0 unspecified atom stereocenters. The fourth-order valence-corrected chi connectivity index (χ4v) is 4.11. The molecule has 2 aromatic carbocycles. The van der Waals surface area contributed by atoms with E-state index in [2.05, 4.69) is 5.32 Å². The summed E-state index contributed by atoms with van der Waals surface area (Å²) < 4.78 is 31.4. The monoisotopic (exact) mass is 375 g/mol. The molecule has 1 aliphatic heterocycles. The fraction of sp³-hybridized carbons (Fsp3) is 0.316. The van der Waals surface area contributed by atoms with Gasteiger partial charge in [-0.3, -0.25) is 4.79 Å². The lowest BCUT2D eigenvalue weighted by molar-refractivity contribution is -0.128. The van der Waals surface area contributed by atoms with Gasteiger partial charge in [-0.1, -0.05) is 24.3 Å². The zero-order chi connectivity index (χ0) is 18.7. The van der Waals surface area contributed by atoms with Crippen LogP contribution in [0.5, 0.6) is 5.75 Å². The van der Waals surface area contributed by atoms with Gasteiger partial charge in [-0.25, -0.2) is 8.42 Å². The van der Waals surface area contributed by atoms with Crippen LogP contribution in [0, 0.1) is 0 Å². The molecule has 1 heterocycles. The average molecular weight is 375 g/mol. The maximum Gasteiger partial charge on any atom is 0.248 e. The molecular formula is C19H21NO5S. The molecule has 2 aromatic rings. The van der Waals surface area contributed by atoms with Crippen molar-refractivity contribution in [3.05, 3.63) is 54.1 Å². The van der Waals surface area contributed by atoms with E-state index >= 15 is 0 Å². The molecule has 0 aromatic heterocycles. The van der Waals surface area contributed by atoms with Crippen LogP contribution in [0.2, 0.25) is 0 Å². The number of rotatable bonds is 5. The van der Waals surface area contributed by atoms with Crippen molar-refractivity contribution in [1.82, 2.24) is 5.32 Å². The number of fused-ring (bicyclic) bond motifs is 1. The van der Waals surface area contributed by atoms with Gasteiger partial charge < -0.3 is 15.2 Å². The second-order valence-corrected chi connectivity index (χ2v) is 8.24. The minimum atomic E-state index is -3.61. The number of aryl methyl sites for hydroxylation is 1. The van der Waals surface area contributed by atoms with Gasteiger partial charge in [0, 0.05) is 0 Å². The minimum absolute atomic E-state index is 0.177. The highest BCUT2D eigenvalue weighted by Gasteiger charge is 2.24. The Morgan fingerprint density at radius 2 is 1.96 bits per heavy atom. The summed E-state index contributed by atoms with van der Waals surface area (Å²) in [4.78, 5) is 11.9. The van der Waals surface area contributed by atoms with E-state index in [4.69, 9.17) is 4.74 Å². The molecule has 0 radical (unpaired) electrons. The normalized spacial score (nSPS) is 17.7. The molecule has 2 N–H and O–H groups in total. The Morgan fingerprint density at radius 1 is 1.23 bits per heavy atom. The first kappa shape index (κ1) is 18.4. The van der Waals surface area contributed by atoms with E-state index < -0.39 is 21.8 Å². The number of amides is 1. The van der Waals surface area contributed by atoms with Crippen LogP contribution >= 0.6 is 0 Å². The molecule has 0 saturated heterocycles. The molecule has 0 spiro atoms. The van der Waals surface area contributed by atoms with Crippen molar-refractivity contribution in [2.75, 3.05) is 6.54 Å². The SMILES string of the molecule is C[C@@H](O)C(=O)NC[C@H]1CCc2ccc(S(=O)(=O)c3ccccc3)cc2O1. The van der Waals surface area contributed by atoms with E-state index in [9.17, 15) is 18.3 Å². The second kappa shape index (κ2) is 7.47. The maximum absolute atomic E-state index is 12.8. The van der Waals surface area contributed by atoms with Gasteiger partial charge in [0.25, 0.3) is 0 Å². The smallest absolute Gasteiger partial charge is 0.248 e. The number of hydrogen-bond acceptors (Lipinski definition) is 5. The van der Waals surface area contributed by atoms with Crippen LogP contribution in [0.1, 0.15) is 18.9 Å². The molecule has 2 atom stereocenters. The number of nitrogens with one attached hydrogen (secondary N) is 1.